The van der Waals surface area contributed by atoms with Crippen LogP contribution in [0.4, 0.5) is 5.95 Å². The number of hydrogen-bond acceptors (Lipinski definition) is 5. The summed E-state index contributed by atoms with van der Waals surface area (Å²) >= 11 is 0. The molecule has 0 aliphatic carbocycles. The van der Waals surface area contributed by atoms with E-state index in [9.17, 15) is 0 Å². The van der Waals surface area contributed by atoms with E-state index in [-0.39, 0.29) is 5.95 Å². The number of nitrogens with two attached hydrogens (primary N) is 1. The Labute approximate surface area is 113 Å². The van der Waals surface area contributed by atoms with Crippen molar-refractivity contribution in [3.8, 4) is 11.3 Å². The van der Waals surface area contributed by atoms with E-state index >= 15 is 0 Å². The number of aromatic amines is 1. The van der Waals surface area contributed by atoms with Crippen molar-refractivity contribution in [3.05, 3.63) is 42.9 Å². The highest BCUT2D eigenvalue weighted by Crippen LogP contribution is 2.31. The molecule has 3 aromatic heterocycles. The fraction of sp³-hybridized carbons (Fsp3) is 0. The van der Waals surface area contributed by atoms with Crippen LogP contribution in [0.15, 0.2) is 42.9 Å². The molecule has 0 unspecified atom stereocenters. The zero-order valence-electron chi connectivity index (χ0n) is 10.4. The number of benzene rings is 1. The van der Waals surface area contributed by atoms with Crippen LogP contribution in [0, 0.1) is 0 Å². The molecule has 0 atom stereocenters. The number of pyridine rings is 1. The van der Waals surface area contributed by atoms with E-state index in [0.29, 0.717) is 5.65 Å². The Balaban J connectivity index is 2.14. The van der Waals surface area contributed by atoms with Crippen molar-refractivity contribution >= 4 is 27.8 Å². The minimum atomic E-state index is 0.225. The van der Waals surface area contributed by atoms with Crippen LogP contribution in [0.25, 0.3) is 33.1 Å². The molecule has 3 N–H and O–H groups in total. The third kappa shape index (κ3) is 1.51. The Bertz CT molecular complexity index is 922. The molecule has 96 valence electrons. The molecule has 3 heterocycles. The lowest BCUT2D eigenvalue weighted by Crippen LogP contribution is -1.97. The van der Waals surface area contributed by atoms with Crippen LogP contribution in [0.2, 0.25) is 0 Å². The van der Waals surface area contributed by atoms with Crippen LogP contribution < -0.4 is 5.73 Å². The molecule has 4 aromatic rings. The number of hydrogen-bond donors (Lipinski definition) is 2. The predicted molar refractivity (Wildman–Crippen MR) is 76.8 cm³/mol. The molecule has 0 saturated carbocycles. The third-order valence-corrected chi connectivity index (χ3v) is 3.26. The van der Waals surface area contributed by atoms with Gasteiger partial charge in [0.25, 0.3) is 0 Å². The minimum absolute atomic E-state index is 0.225. The third-order valence-electron chi connectivity index (χ3n) is 3.26. The molecule has 0 aliphatic rings. The van der Waals surface area contributed by atoms with E-state index in [0.717, 1.165) is 27.4 Å². The van der Waals surface area contributed by atoms with Gasteiger partial charge < -0.3 is 5.73 Å². The maximum absolute atomic E-state index is 5.78. The zero-order chi connectivity index (χ0) is 13.5. The summed E-state index contributed by atoms with van der Waals surface area (Å²) in [6, 6.07) is 7.97. The van der Waals surface area contributed by atoms with Crippen molar-refractivity contribution in [1.82, 2.24) is 25.1 Å². The van der Waals surface area contributed by atoms with E-state index in [4.69, 9.17) is 5.73 Å². The molecule has 6 nitrogen and oxygen atoms in total. The van der Waals surface area contributed by atoms with E-state index in [1.165, 1.54) is 0 Å². The molecule has 0 radical (unpaired) electrons. The number of nitrogen functional groups attached to an aromatic ring is 1. The van der Waals surface area contributed by atoms with Crippen LogP contribution in [-0.2, 0) is 0 Å². The quantitative estimate of drug-likeness (QED) is 0.548. The van der Waals surface area contributed by atoms with E-state index in [1.807, 2.05) is 30.5 Å². The molecule has 0 fully saturated rings. The van der Waals surface area contributed by atoms with Gasteiger partial charge in [-0.2, -0.15) is 10.1 Å². The van der Waals surface area contributed by atoms with E-state index < -0.39 is 0 Å². The summed E-state index contributed by atoms with van der Waals surface area (Å²) in [5.74, 6) is 0.225. The molecule has 20 heavy (non-hydrogen) atoms. The van der Waals surface area contributed by atoms with Crippen molar-refractivity contribution in [2.24, 2.45) is 0 Å². The number of fused-ring (bicyclic) bond motifs is 2. The van der Waals surface area contributed by atoms with Crippen LogP contribution in [0.1, 0.15) is 0 Å². The molecule has 6 heteroatoms. The predicted octanol–water partition coefficient (Wildman–Crippen LogP) is 2.15. The van der Waals surface area contributed by atoms with Gasteiger partial charge in [0.2, 0.25) is 5.95 Å². The fourth-order valence-electron chi connectivity index (χ4n) is 2.39. The molecule has 0 aliphatic heterocycles. The zero-order valence-corrected chi connectivity index (χ0v) is 10.4. The topological polar surface area (TPSA) is 93.4 Å². The summed E-state index contributed by atoms with van der Waals surface area (Å²) < 4.78 is 0. The lowest BCUT2D eigenvalue weighted by Gasteiger charge is -2.07. The number of rotatable bonds is 1. The fourth-order valence-corrected chi connectivity index (χ4v) is 2.39. The second-order valence-electron chi connectivity index (χ2n) is 4.47. The van der Waals surface area contributed by atoms with E-state index in [2.05, 4.69) is 25.1 Å². The highest BCUT2D eigenvalue weighted by Gasteiger charge is 2.12. The molecule has 0 bridgehead atoms. The second-order valence-corrected chi connectivity index (χ2v) is 4.47. The van der Waals surface area contributed by atoms with Crippen molar-refractivity contribution in [2.45, 2.75) is 0 Å². The number of nitrogens with zero attached hydrogens (tertiary/aromatic N) is 4. The first kappa shape index (κ1) is 10.9. The van der Waals surface area contributed by atoms with Gasteiger partial charge in [-0.3, -0.25) is 10.1 Å². The van der Waals surface area contributed by atoms with Gasteiger partial charge in [0.05, 0.1) is 17.3 Å². The lowest BCUT2D eigenvalue weighted by molar-refractivity contribution is 1.09. The lowest BCUT2D eigenvalue weighted by atomic mass is 10.0. The summed E-state index contributed by atoms with van der Waals surface area (Å²) in [6.07, 6.45) is 5.31. The van der Waals surface area contributed by atoms with E-state index in [1.54, 1.807) is 12.4 Å². The SMILES string of the molecule is Nc1nc(-c2cccc3cnccc23)c2cn[nH]c2n1. The summed E-state index contributed by atoms with van der Waals surface area (Å²) in [4.78, 5) is 12.7. The van der Waals surface area contributed by atoms with Gasteiger partial charge in [0.1, 0.15) is 0 Å². The summed E-state index contributed by atoms with van der Waals surface area (Å²) in [5.41, 5.74) is 8.19. The normalized spacial score (nSPS) is 11.2. The average Bonchev–Trinajstić information content (AvgIpc) is 2.94. The molecule has 0 saturated heterocycles. The van der Waals surface area contributed by atoms with Gasteiger partial charge in [-0.25, -0.2) is 4.98 Å². The smallest absolute Gasteiger partial charge is 0.222 e. The largest absolute Gasteiger partial charge is 0.368 e. The van der Waals surface area contributed by atoms with Crippen LogP contribution in [-0.4, -0.2) is 25.1 Å². The van der Waals surface area contributed by atoms with Gasteiger partial charge in [-0.15, -0.1) is 0 Å². The number of H-pyrrole nitrogens is 1. The maximum atomic E-state index is 5.78. The summed E-state index contributed by atoms with van der Waals surface area (Å²) in [5, 5.41) is 9.82. The Morgan fingerprint density at radius 3 is 2.90 bits per heavy atom. The molecule has 0 spiro atoms. The van der Waals surface area contributed by atoms with Crippen molar-refractivity contribution in [2.75, 3.05) is 5.73 Å². The van der Waals surface area contributed by atoms with Crippen LogP contribution in [0.3, 0.4) is 0 Å². The van der Waals surface area contributed by atoms with Crippen molar-refractivity contribution in [3.63, 3.8) is 0 Å². The van der Waals surface area contributed by atoms with Gasteiger partial charge >= 0.3 is 0 Å². The minimum Gasteiger partial charge on any atom is -0.368 e. The first-order valence-electron chi connectivity index (χ1n) is 6.12. The summed E-state index contributed by atoms with van der Waals surface area (Å²) in [7, 11) is 0. The van der Waals surface area contributed by atoms with Gasteiger partial charge in [-0.1, -0.05) is 18.2 Å². The molecular formula is C14H10N6. The molecule has 0 amide bonds. The average molecular weight is 262 g/mol. The summed E-state index contributed by atoms with van der Waals surface area (Å²) in [6.45, 7) is 0. The Hall–Kier alpha value is -3.02. The second kappa shape index (κ2) is 3.99. The molecule has 4 rings (SSSR count). The Morgan fingerprint density at radius 2 is 1.95 bits per heavy atom. The van der Waals surface area contributed by atoms with Crippen molar-refractivity contribution < 1.29 is 0 Å². The van der Waals surface area contributed by atoms with Gasteiger partial charge in [0.15, 0.2) is 5.65 Å². The maximum Gasteiger partial charge on any atom is 0.222 e. The van der Waals surface area contributed by atoms with Crippen LogP contribution in [0.5, 0.6) is 0 Å². The standard InChI is InChI=1S/C14H10N6/c15-14-18-12(11-7-17-20-13(11)19-14)10-3-1-2-8-6-16-5-4-9(8)10/h1-7H,(H3,15,17,18,19,20). The van der Waals surface area contributed by atoms with Crippen molar-refractivity contribution in [1.29, 1.82) is 0 Å². The number of aromatic nitrogens is 5. The monoisotopic (exact) mass is 262 g/mol. The number of anilines is 1. The van der Waals surface area contributed by atoms with Crippen LogP contribution >= 0.6 is 0 Å². The first-order valence-corrected chi connectivity index (χ1v) is 6.12. The Kier molecular flexibility index (Phi) is 2.17. The molecular weight excluding hydrogens is 252 g/mol. The van der Waals surface area contributed by atoms with Gasteiger partial charge in [-0.05, 0) is 11.5 Å². The highest BCUT2D eigenvalue weighted by molar-refractivity contribution is 6.02. The number of nitrogens with one attached hydrogen (secondary N) is 1. The Morgan fingerprint density at radius 1 is 1.00 bits per heavy atom. The highest BCUT2D eigenvalue weighted by atomic mass is 15.2. The first-order chi connectivity index (χ1) is 9.83. The molecule has 1 aromatic carbocycles. The van der Waals surface area contributed by atoms with Gasteiger partial charge in [0, 0.05) is 23.3 Å².